The van der Waals surface area contributed by atoms with Crippen LogP contribution in [0.2, 0.25) is 0 Å². The zero-order chi connectivity index (χ0) is 13.0. The second-order valence-corrected chi connectivity index (χ2v) is 5.54. The van der Waals surface area contributed by atoms with Crippen molar-refractivity contribution in [2.45, 2.75) is 31.7 Å². The highest BCUT2D eigenvalue weighted by Crippen LogP contribution is 2.31. The lowest BCUT2D eigenvalue weighted by Crippen LogP contribution is -2.36. The second kappa shape index (κ2) is 6.21. The fraction of sp³-hybridized carbons (Fsp3) is 0.500. The molecule has 1 saturated carbocycles. The number of hydrogen-bond acceptors (Lipinski definition) is 3. The van der Waals surface area contributed by atoms with Crippen molar-refractivity contribution >= 4 is 21.6 Å². The monoisotopic (exact) mass is 308 g/mol. The van der Waals surface area contributed by atoms with E-state index in [1.165, 1.54) is 12.8 Å². The van der Waals surface area contributed by atoms with Gasteiger partial charge in [-0.1, -0.05) is 28.8 Å². The van der Waals surface area contributed by atoms with Gasteiger partial charge in [-0.3, -0.25) is 0 Å². The Morgan fingerprint density at radius 1 is 1.39 bits per heavy atom. The molecular formula is C14H17BrN2O. The Hall–Kier alpha value is -1.05. The molecule has 1 aliphatic carbocycles. The van der Waals surface area contributed by atoms with Crippen LogP contribution in [0.25, 0.3) is 0 Å². The summed E-state index contributed by atoms with van der Waals surface area (Å²) in [6.07, 6.45) is 4.78. The zero-order valence-electron chi connectivity index (χ0n) is 10.3. The van der Waals surface area contributed by atoms with Crippen molar-refractivity contribution in [3.63, 3.8) is 0 Å². The van der Waals surface area contributed by atoms with Crippen LogP contribution in [0.4, 0.5) is 5.69 Å². The molecule has 0 heterocycles. The van der Waals surface area contributed by atoms with Crippen molar-refractivity contribution < 1.29 is 5.11 Å². The predicted molar refractivity (Wildman–Crippen MR) is 75.5 cm³/mol. The van der Waals surface area contributed by atoms with E-state index in [2.05, 4.69) is 26.9 Å². The van der Waals surface area contributed by atoms with E-state index in [-0.39, 0.29) is 6.61 Å². The van der Waals surface area contributed by atoms with Gasteiger partial charge >= 0.3 is 0 Å². The van der Waals surface area contributed by atoms with E-state index in [4.69, 9.17) is 0 Å². The Labute approximate surface area is 116 Å². The van der Waals surface area contributed by atoms with Gasteiger partial charge in [0, 0.05) is 17.1 Å². The van der Waals surface area contributed by atoms with Crippen molar-refractivity contribution in [3.05, 3.63) is 28.2 Å². The maximum absolute atomic E-state index is 9.25. The highest BCUT2D eigenvalue weighted by molar-refractivity contribution is 9.10. The van der Waals surface area contributed by atoms with Crippen LogP contribution in [0.3, 0.4) is 0 Å². The van der Waals surface area contributed by atoms with Crippen LogP contribution in [0.1, 0.15) is 31.2 Å². The van der Waals surface area contributed by atoms with Crippen molar-refractivity contribution in [2.24, 2.45) is 0 Å². The van der Waals surface area contributed by atoms with Crippen LogP contribution >= 0.6 is 15.9 Å². The number of rotatable bonds is 4. The molecule has 96 valence electrons. The standard InChI is InChI=1S/C14H17BrN2O/c15-12-6-5-11(10-16)14(9-12)17(7-8-18)13-3-1-2-4-13/h5-6,9,13,18H,1-4,7-8H2. The summed E-state index contributed by atoms with van der Waals surface area (Å²) in [5.41, 5.74) is 1.62. The average Bonchev–Trinajstić information content (AvgIpc) is 2.89. The van der Waals surface area contributed by atoms with Gasteiger partial charge < -0.3 is 10.0 Å². The Balaban J connectivity index is 2.34. The van der Waals surface area contributed by atoms with Crippen LogP contribution in [0, 0.1) is 11.3 Å². The Kier molecular flexibility index (Phi) is 4.62. The molecule has 0 saturated heterocycles. The molecule has 1 aliphatic rings. The molecule has 3 nitrogen and oxygen atoms in total. The van der Waals surface area contributed by atoms with Gasteiger partial charge in [-0.15, -0.1) is 0 Å². The maximum Gasteiger partial charge on any atom is 0.101 e. The van der Waals surface area contributed by atoms with Crippen LogP contribution in [-0.4, -0.2) is 24.3 Å². The van der Waals surface area contributed by atoms with Crippen molar-refractivity contribution in [1.82, 2.24) is 0 Å². The second-order valence-electron chi connectivity index (χ2n) is 4.63. The molecule has 1 fully saturated rings. The molecule has 1 N–H and O–H groups in total. The molecular weight excluding hydrogens is 292 g/mol. The summed E-state index contributed by atoms with van der Waals surface area (Å²) in [7, 11) is 0. The number of benzene rings is 1. The Bertz CT molecular complexity index is 450. The van der Waals surface area contributed by atoms with Crippen LogP contribution in [0.5, 0.6) is 0 Å². The summed E-state index contributed by atoms with van der Waals surface area (Å²) in [5, 5.41) is 18.5. The molecule has 0 radical (unpaired) electrons. The topological polar surface area (TPSA) is 47.3 Å². The molecule has 4 heteroatoms. The highest BCUT2D eigenvalue weighted by Gasteiger charge is 2.24. The molecule has 0 amide bonds. The first-order valence-corrected chi connectivity index (χ1v) is 7.12. The van der Waals surface area contributed by atoms with E-state index in [9.17, 15) is 10.4 Å². The fourth-order valence-corrected chi connectivity index (χ4v) is 3.01. The molecule has 0 spiro atoms. The lowest BCUT2D eigenvalue weighted by molar-refractivity contribution is 0.297. The van der Waals surface area contributed by atoms with Crippen molar-refractivity contribution in [1.29, 1.82) is 5.26 Å². The average molecular weight is 309 g/mol. The summed E-state index contributed by atoms with van der Waals surface area (Å²) < 4.78 is 0.970. The smallest absolute Gasteiger partial charge is 0.101 e. The minimum Gasteiger partial charge on any atom is -0.395 e. The lowest BCUT2D eigenvalue weighted by atomic mass is 10.1. The first-order chi connectivity index (χ1) is 8.76. The molecule has 1 aromatic rings. The van der Waals surface area contributed by atoms with Gasteiger partial charge in [-0.2, -0.15) is 5.26 Å². The number of aliphatic hydroxyl groups excluding tert-OH is 1. The molecule has 0 atom stereocenters. The summed E-state index contributed by atoms with van der Waals surface area (Å²) in [6.45, 7) is 0.712. The largest absolute Gasteiger partial charge is 0.395 e. The van der Waals surface area contributed by atoms with E-state index >= 15 is 0 Å². The predicted octanol–water partition coefficient (Wildman–Crippen LogP) is 3.06. The molecule has 18 heavy (non-hydrogen) atoms. The molecule has 0 bridgehead atoms. The highest BCUT2D eigenvalue weighted by atomic mass is 79.9. The third-order valence-corrected chi connectivity index (χ3v) is 3.99. The molecule has 0 aliphatic heterocycles. The molecule has 2 rings (SSSR count). The Morgan fingerprint density at radius 2 is 2.11 bits per heavy atom. The van der Waals surface area contributed by atoms with E-state index in [1.54, 1.807) is 0 Å². The maximum atomic E-state index is 9.25. The van der Waals surface area contributed by atoms with Gasteiger partial charge in [0.2, 0.25) is 0 Å². The van der Waals surface area contributed by atoms with E-state index in [1.807, 2.05) is 18.2 Å². The summed E-state index contributed by atoms with van der Waals surface area (Å²) in [4.78, 5) is 2.19. The van der Waals surface area contributed by atoms with Crippen LogP contribution in [0.15, 0.2) is 22.7 Å². The van der Waals surface area contributed by atoms with Gasteiger partial charge in [0.25, 0.3) is 0 Å². The number of halogens is 1. The summed E-state index contributed by atoms with van der Waals surface area (Å²) >= 11 is 3.45. The fourth-order valence-electron chi connectivity index (χ4n) is 2.66. The van der Waals surface area contributed by atoms with Gasteiger partial charge in [-0.05, 0) is 31.0 Å². The van der Waals surface area contributed by atoms with Crippen LogP contribution in [-0.2, 0) is 0 Å². The van der Waals surface area contributed by atoms with Gasteiger partial charge in [0.15, 0.2) is 0 Å². The quantitative estimate of drug-likeness (QED) is 0.930. The number of aliphatic hydroxyl groups is 1. The number of hydrogen-bond donors (Lipinski definition) is 1. The van der Waals surface area contributed by atoms with E-state index in [0.29, 0.717) is 18.2 Å². The third-order valence-electron chi connectivity index (χ3n) is 3.50. The number of anilines is 1. The van der Waals surface area contributed by atoms with Crippen LogP contribution < -0.4 is 4.90 Å². The van der Waals surface area contributed by atoms with Gasteiger partial charge in [0.1, 0.15) is 6.07 Å². The minimum absolute atomic E-state index is 0.119. The van der Waals surface area contributed by atoms with Crippen molar-refractivity contribution in [2.75, 3.05) is 18.1 Å². The lowest BCUT2D eigenvalue weighted by Gasteiger charge is -2.31. The SMILES string of the molecule is N#Cc1ccc(Br)cc1N(CCO)C1CCCC1. The van der Waals surface area contributed by atoms with Crippen molar-refractivity contribution in [3.8, 4) is 6.07 Å². The summed E-state index contributed by atoms with van der Waals surface area (Å²) in [5.74, 6) is 0. The third kappa shape index (κ3) is 2.85. The minimum atomic E-state index is 0.119. The van der Waals surface area contributed by atoms with E-state index < -0.39 is 0 Å². The normalized spacial score (nSPS) is 15.6. The molecule has 1 aromatic carbocycles. The first-order valence-electron chi connectivity index (χ1n) is 6.33. The van der Waals surface area contributed by atoms with E-state index in [0.717, 1.165) is 23.0 Å². The zero-order valence-corrected chi connectivity index (χ0v) is 11.9. The Morgan fingerprint density at radius 3 is 2.72 bits per heavy atom. The summed E-state index contributed by atoms with van der Waals surface area (Å²) in [6, 6.07) is 8.39. The molecule has 0 unspecified atom stereocenters. The first kappa shape index (κ1) is 13.4. The van der Waals surface area contributed by atoms with Gasteiger partial charge in [0.05, 0.1) is 17.9 Å². The molecule has 0 aromatic heterocycles. The van der Waals surface area contributed by atoms with Gasteiger partial charge in [-0.25, -0.2) is 0 Å². The number of nitriles is 1. The number of nitrogens with zero attached hydrogens (tertiary/aromatic N) is 2.